The molecule has 2 bridgehead atoms. The minimum absolute atomic E-state index is 0.0852. The van der Waals surface area contributed by atoms with Crippen molar-refractivity contribution in [3.63, 3.8) is 0 Å². The molecule has 0 saturated carbocycles. The number of ether oxygens (including phenoxy) is 2. The van der Waals surface area contributed by atoms with Crippen LogP contribution >= 0.6 is 0 Å². The first-order valence-electron chi connectivity index (χ1n) is 12.9. The van der Waals surface area contributed by atoms with Crippen molar-refractivity contribution in [2.24, 2.45) is 0 Å². The van der Waals surface area contributed by atoms with E-state index in [0.29, 0.717) is 47.6 Å². The van der Waals surface area contributed by atoms with Gasteiger partial charge in [-0.3, -0.25) is 14.7 Å². The summed E-state index contributed by atoms with van der Waals surface area (Å²) in [5.74, 6) is 0.188. The van der Waals surface area contributed by atoms with Gasteiger partial charge < -0.3 is 25.1 Å². The van der Waals surface area contributed by atoms with E-state index in [-0.39, 0.29) is 17.6 Å². The molecule has 2 aromatic heterocycles. The zero-order valence-electron chi connectivity index (χ0n) is 21.6. The number of halogens is 1. The summed E-state index contributed by atoms with van der Waals surface area (Å²) in [6.45, 7) is 7.31. The second-order valence-electron chi connectivity index (χ2n) is 9.86. The van der Waals surface area contributed by atoms with Crippen LogP contribution in [0.3, 0.4) is 0 Å². The third kappa shape index (κ3) is 5.00. The zero-order valence-corrected chi connectivity index (χ0v) is 21.6. The van der Waals surface area contributed by atoms with Crippen molar-refractivity contribution in [2.45, 2.75) is 45.1 Å². The van der Waals surface area contributed by atoms with Gasteiger partial charge in [0.1, 0.15) is 12.4 Å². The summed E-state index contributed by atoms with van der Waals surface area (Å²) in [5.41, 5.74) is 3.91. The number of pyridine rings is 1. The Bertz CT molecular complexity index is 1270. The number of anilines is 2. The van der Waals surface area contributed by atoms with E-state index < -0.39 is 5.82 Å². The average Bonchev–Trinajstić information content (AvgIpc) is 3.26. The van der Waals surface area contributed by atoms with Crippen LogP contribution in [0.4, 0.5) is 15.8 Å². The van der Waals surface area contributed by atoms with Crippen LogP contribution in [-0.2, 0) is 0 Å². The fourth-order valence-corrected chi connectivity index (χ4v) is 5.30. The number of benzene rings is 1. The first-order valence-corrected chi connectivity index (χ1v) is 12.9. The summed E-state index contributed by atoms with van der Waals surface area (Å²) in [6.07, 6.45) is 6.46. The van der Waals surface area contributed by atoms with Gasteiger partial charge in [0.2, 0.25) is 0 Å². The number of nitrogens with zero attached hydrogens (tertiary/aromatic N) is 2. The molecule has 9 heteroatoms. The molecule has 1 unspecified atom stereocenters. The van der Waals surface area contributed by atoms with E-state index in [2.05, 4.69) is 39.3 Å². The van der Waals surface area contributed by atoms with E-state index in [1.54, 1.807) is 24.5 Å². The highest BCUT2D eigenvalue weighted by Gasteiger charge is 2.33. The maximum Gasteiger partial charge on any atom is 0.255 e. The Balaban J connectivity index is 1.65. The van der Waals surface area contributed by atoms with E-state index in [4.69, 9.17) is 9.47 Å². The number of nitrogens with one attached hydrogen (secondary N) is 3. The SMILES string of the molecule is COc1c(F)cccc1Nc1c2[nH]c3c1C(=O)NCC3CCCCN(C(C)C)CCOc1cnccc1-2. The molecule has 3 aromatic rings. The molecule has 5 rings (SSSR count). The molecule has 2 aliphatic heterocycles. The summed E-state index contributed by atoms with van der Waals surface area (Å²) in [5, 5.41) is 6.39. The monoisotopic (exact) mass is 507 g/mol. The first kappa shape index (κ1) is 25.1. The fourth-order valence-electron chi connectivity index (χ4n) is 5.30. The number of H-pyrrole nitrogens is 1. The van der Waals surface area contributed by atoms with Crippen LogP contribution in [0.25, 0.3) is 11.3 Å². The van der Waals surface area contributed by atoms with Crippen molar-refractivity contribution in [2.75, 3.05) is 38.7 Å². The standard InChI is InChI=1S/C28H34FN5O3/c1-17(2)34-12-5-4-7-18-15-31-28(35)23-24(18)33-25(19-10-11-30-16-22(19)37-14-13-34)26(23)32-21-9-6-8-20(29)27(21)36-3/h6,8-11,16-18,32-33H,4-5,7,12-15H2,1-3H3,(H,31,35). The number of para-hydroxylation sites is 1. The van der Waals surface area contributed by atoms with Crippen LogP contribution in [0.2, 0.25) is 0 Å². The molecule has 1 atom stereocenters. The lowest BCUT2D eigenvalue weighted by Crippen LogP contribution is -2.36. The molecule has 8 nitrogen and oxygen atoms in total. The van der Waals surface area contributed by atoms with Crippen LogP contribution < -0.4 is 20.1 Å². The van der Waals surface area contributed by atoms with E-state index in [0.717, 1.165) is 43.6 Å². The van der Waals surface area contributed by atoms with E-state index in [1.165, 1.54) is 13.2 Å². The van der Waals surface area contributed by atoms with Gasteiger partial charge in [-0.25, -0.2) is 4.39 Å². The molecular weight excluding hydrogens is 473 g/mol. The Labute approximate surface area is 216 Å². The zero-order chi connectivity index (χ0) is 25.9. The Morgan fingerprint density at radius 1 is 1.24 bits per heavy atom. The molecule has 0 aliphatic carbocycles. The summed E-state index contributed by atoms with van der Waals surface area (Å²) in [6, 6.07) is 6.98. The van der Waals surface area contributed by atoms with Gasteiger partial charge in [0.25, 0.3) is 5.91 Å². The molecule has 0 fully saturated rings. The number of methoxy groups -OCH3 is 1. The van der Waals surface area contributed by atoms with E-state index >= 15 is 0 Å². The van der Waals surface area contributed by atoms with Crippen molar-refractivity contribution < 1.29 is 18.7 Å². The van der Waals surface area contributed by atoms with Crippen molar-refractivity contribution in [1.82, 2.24) is 20.2 Å². The number of hydrogen-bond donors (Lipinski definition) is 3. The number of fused-ring (bicyclic) bond motifs is 3. The predicted molar refractivity (Wildman–Crippen MR) is 141 cm³/mol. The third-order valence-electron chi connectivity index (χ3n) is 7.27. The van der Waals surface area contributed by atoms with Crippen LogP contribution in [0.5, 0.6) is 11.5 Å². The summed E-state index contributed by atoms with van der Waals surface area (Å²) < 4.78 is 26.1. The van der Waals surface area contributed by atoms with Crippen molar-refractivity contribution in [1.29, 1.82) is 0 Å². The number of carbonyl (C=O) groups excluding carboxylic acids is 1. The number of carbonyl (C=O) groups is 1. The number of hydrogen-bond acceptors (Lipinski definition) is 6. The molecule has 4 heterocycles. The largest absolute Gasteiger partial charge is 0.492 e. The molecule has 3 N–H and O–H groups in total. The second kappa shape index (κ2) is 10.8. The number of aromatic amines is 1. The lowest BCUT2D eigenvalue weighted by atomic mass is 9.91. The molecule has 1 amide bonds. The number of amides is 1. The second-order valence-corrected chi connectivity index (χ2v) is 9.86. The maximum absolute atomic E-state index is 14.5. The topological polar surface area (TPSA) is 91.5 Å². The Hall–Kier alpha value is -3.59. The minimum atomic E-state index is -0.484. The van der Waals surface area contributed by atoms with Crippen LogP contribution in [-0.4, -0.2) is 60.2 Å². The number of rotatable bonds is 4. The average molecular weight is 508 g/mol. The maximum atomic E-state index is 14.5. The molecular formula is C28H34FN5O3. The lowest BCUT2D eigenvalue weighted by molar-refractivity contribution is 0.0939. The van der Waals surface area contributed by atoms with Crippen molar-refractivity contribution in [3.05, 3.63) is 53.7 Å². The molecule has 2 aliphatic rings. The van der Waals surface area contributed by atoms with Crippen LogP contribution in [0, 0.1) is 5.82 Å². The van der Waals surface area contributed by atoms with Crippen molar-refractivity contribution in [3.8, 4) is 22.8 Å². The number of aromatic nitrogens is 2. The van der Waals surface area contributed by atoms with Crippen LogP contribution in [0.15, 0.2) is 36.7 Å². The Morgan fingerprint density at radius 3 is 2.92 bits per heavy atom. The smallest absolute Gasteiger partial charge is 0.255 e. The molecule has 1 aromatic carbocycles. The normalized spacial score (nSPS) is 18.4. The van der Waals surface area contributed by atoms with Gasteiger partial charge in [0, 0.05) is 42.5 Å². The highest BCUT2D eigenvalue weighted by Crippen LogP contribution is 2.44. The lowest BCUT2D eigenvalue weighted by Gasteiger charge is -2.27. The van der Waals surface area contributed by atoms with Crippen molar-refractivity contribution >= 4 is 17.3 Å². The Morgan fingerprint density at radius 2 is 2.11 bits per heavy atom. The van der Waals surface area contributed by atoms with Gasteiger partial charge in [0.15, 0.2) is 11.6 Å². The predicted octanol–water partition coefficient (Wildman–Crippen LogP) is 5.07. The van der Waals surface area contributed by atoms with Gasteiger partial charge >= 0.3 is 0 Å². The third-order valence-corrected chi connectivity index (χ3v) is 7.27. The Kier molecular flexibility index (Phi) is 7.32. The van der Waals surface area contributed by atoms with E-state index in [1.807, 2.05) is 6.07 Å². The van der Waals surface area contributed by atoms with Gasteiger partial charge in [0.05, 0.1) is 35.9 Å². The highest BCUT2D eigenvalue weighted by molar-refractivity contribution is 6.07. The van der Waals surface area contributed by atoms with E-state index in [9.17, 15) is 9.18 Å². The van der Waals surface area contributed by atoms with Gasteiger partial charge in [-0.05, 0) is 51.4 Å². The highest BCUT2D eigenvalue weighted by atomic mass is 19.1. The van der Waals surface area contributed by atoms with Gasteiger partial charge in [-0.1, -0.05) is 12.5 Å². The van der Waals surface area contributed by atoms with Gasteiger partial charge in [-0.2, -0.15) is 0 Å². The van der Waals surface area contributed by atoms with Gasteiger partial charge in [-0.15, -0.1) is 0 Å². The molecule has 37 heavy (non-hydrogen) atoms. The fraction of sp³-hybridized carbons (Fsp3) is 0.429. The summed E-state index contributed by atoms with van der Waals surface area (Å²) in [4.78, 5) is 23.5. The van der Waals surface area contributed by atoms with Crippen LogP contribution in [0.1, 0.15) is 55.1 Å². The molecule has 0 spiro atoms. The quantitative estimate of drug-likeness (QED) is 0.457. The first-order chi connectivity index (χ1) is 18.0. The minimum Gasteiger partial charge on any atom is -0.492 e. The summed E-state index contributed by atoms with van der Waals surface area (Å²) >= 11 is 0. The molecule has 0 saturated heterocycles. The molecule has 0 radical (unpaired) electrons. The molecule has 196 valence electrons. The summed E-state index contributed by atoms with van der Waals surface area (Å²) in [7, 11) is 1.43.